The molecule has 0 aliphatic carbocycles. The summed E-state index contributed by atoms with van der Waals surface area (Å²) in [6.45, 7) is 4.37. The van der Waals surface area contributed by atoms with Crippen LogP contribution in [0.3, 0.4) is 0 Å². The van der Waals surface area contributed by atoms with Gasteiger partial charge in [0.05, 0.1) is 22.2 Å². The number of piperazine rings is 1. The number of benzene rings is 2. The molecule has 236 valence electrons. The van der Waals surface area contributed by atoms with Crippen molar-refractivity contribution in [3.8, 4) is 29.6 Å². The van der Waals surface area contributed by atoms with Crippen LogP contribution < -0.4 is 15.0 Å². The molecule has 7 nitrogen and oxygen atoms in total. The van der Waals surface area contributed by atoms with Gasteiger partial charge >= 0.3 is 6.01 Å². The van der Waals surface area contributed by atoms with E-state index in [-0.39, 0.29) is 41.4 Å². The molecule has 0 radical (unpaired) electrons. The average Bonchev–Trinajstić information content (AvgIpc) is 3.70. The number of terminal acetylenes is 1. The molecule has 0 saturated carbocycles. The second kappa shape index (κ2) is 10.3. The van der Waals surface area contributed by atoms with Crippen molar-refractivity contribution in [1.29, 1.82) is 0 Å². The van der Waals surface area contributed by atoms with Crippen LogP contribution in [0.1, 0.15) is 62.6 Å². The van der Waals surface area contributed by atoms with Crippen molar-refractivity contribution in [3.05, 3.63) is 53.2 Å². The van der Waals surface area contributed by atoms with Gasteiger partial charge in [0.15, 0.2) is 5.82 Å². The Morgan fingerprint density at radius 3 is 2.87 bits per heavy atom. The molecule has 1 N–H and O–H groups in total. The fraction of sp³-hybridized carbons (Fsp3) is 0.472. The first-order valence-corrected chi connectivity index (χ1v) is 16.5. The van der Waals surface area contributed by atoms with E-state index >= 15 is 4.39 Å². The Kier molecular flexibility index (Phi) is 6.32. The lowest BCUT2D eigenvalue weighted by molar-refractivity contribution is 0.107. The number of hydrogen-bond donors (Lipinski definition) is 1. The summed E-state index contributed by atoms with van der Waals surface area (Å²) in [6, 6.07) is 9.20. The van der Waals surface area contributed by atoms with Crippen LogP contribution in [0, 0.1) is 24.0 Å². The van der Waals surface area contributed by atoms with E-state index < -0.39 is 23.3 Å². The Bertz CT molecular complexity index is 1960. The van der Waals surface area contributed by atoms with Crippen molar-refractivity contribution in [2.75, 3.05) is 31.1 Å². The van der Waals surface area contributed by atoms with E-state index in [0.717, 1.165) is 45.2 Å². The van der Waals surface area contributed by atoms with Gasteiger partial charge < -0.3 is 15.0 Å². The molecule has 0 unspecified atom stereocenters. The van der Waals surface area contributed by atoms with Gasteiger partial charge in [-0.15, -0.1) is 6.42 Å². The van der Waals surface area contributed by atoms with Gasteiger partial charge in [0.25, 0.3) is 0 Å². The minimum absolute atomic E-state index is 0.0327. The van der Waals surface area contributed by atoms with Gasteiger partial charge in [-0.05, 0) is 50.1 Å². The van der Waals surface area contributed by atoms with Gasteiger partial charge in [0, 0.05) is 54.5 Å². The zero-order chi connectivity index (χ0) is 31.3. The molecule has 4 aromatic rings. The largest absolute Gasteiger partial charge is 0.461 e. The van der Waals surface area contributed by atoms with Crippen LogP contribution in [0.5, 0.6) is 6.01 Å². The van der Waals surface area contributed by atoms with Gasteiger partial charge in [-0.3, -0.25) is 4.90 Å². The quantitative estimate of drug-likeness (QED) is 0.285. The molecule has 7 heterocycles. The molecule has 0 amide bonds. The van der Waals surface area contributed by atoms with Crippen LogP contribution in [0.4, 0.5) is 19.0 Å². The van der Waals surface area contributed by atoms with Gasteiger partial charge in [0.1, 0.15) is 35.6 Å². The topological polar surface area (TPSA) is 66.4 Å². The molecular weight excluding hydrogens is 589 g/mol. The maximum Gasteiger partial charge on any atom is 0.319 e. The molecule has 6 atom stereocenters. The molecule has 5 aliphatic heterocycles. The summed E-state index contributed by atoms with van der Waals surface area (Å²) in [4.78, 5) is 19.3. The molecular formula is C36H35F3N6O. The number of alkyl halides is 1. The third kappa shape index (κ3) is 4.10. The van der Waals surface area contributed by atoms with Gasteiger partial charge in [-0.1, -0.05) is 37.1 Å². The van der Waals surface area contributed by atoms with Crippen LogP contribution in [0.25, 0.3) is 32.9 Å². The molecule has 5 aliphatic rings. The minimum atomic E-state index is -0.892. The predicted molar refractivity (Wildman–Crippen MR) is 171 cm³/mol. The zero-order valence-electron chi connectivity index (χ0n) is 25.7. The number of nitrogens with zero attached hydrogens (tertiary/aromatic N) is 5. The molecule has 0 spiro atoms. The lowest BCUT2D eigenvalue weighted by Gasteiger charge is -2.41. The minimum Gasteiger partial charge on any atom is -0.461 e. The molecule has 2 bridgehead atoms. The number of nitrogens with one attached hydrogen (secondary N) is 1. The SMILES string of the molecule is C#Cc1c(F)ccc2cccc(-c3nc4c5c(nc(OC[C@@]67CCCN6C[C@H](F)C7)nc5c3F)N3C[C@H]5CC[C@H](N5)[C@@H]3C[C@H]4C)c12. The average molecular weight is 625 g/mol. The van der Waals surface area contributed by atoms with Gasteiger partial charge in [-0.2, -0.15) is 9.97 Å². The Balaban J connectivity index is 1.26. The molecule has 2 aromatic heterocycles. The normalized spacial score (nSPS) is 30.0. The van der Waals surface area contributed by atoms with E-state index in [1.54, 1.807) is 18.2 Å². The third-order valence-electron chi connectivity index (χ3n) is 11.3. The summed E-state index contributed by atoms with van der Waals surface area (Å²) >= 11 is 0. The van der Waals surface area contributed by atoms with Crippen LogP contribution in [-0.4, -0.2) is 75.9 Å². The Labute approximate surface area is 265 Å². The van der Waals surface area contributed by atoms with Crippen molar-refractivity contribution in [2.24, 2.45) is 0 Å². The first-order chi connectivity index (χ1) is 22.3. The van der Waals surface area contributed by atoms with Gasteiger partial charge in [0.2, 0.25) is 0 Å². The summed E-state index contributed by atoms with van der Waals surface area (Å²) < 4.78 is 53.0. The van der Waals surface area contributed by atoms with E-state index in [2.05, 4.69) is 28.0 Å². The highest BCUT2D eigenvalue weighted by atomic mass is 19.1. The van der Waals surface area contributed by atoms with Gasteiger partial charge in [-0.25, -0.2) is 18.2 Å². The number of rotatable bonds is 4. The standard InChI is InChI=1S/C36H35F3N6O/c1-3-23-25(38)10-8-20-6-4-7-24(28(20)23)32-30(39)33-29-31(41-32)19(2)14-27-26-11-9-22(40-26)17-45(27)34(29)43-35(42-33)46-18-36-12-5-13-44(36)16-21(37)15-36/h1,4,6-8,10,19,21-22,26-27,40H,5,9,11-18H2,2H3/t19-,21-,22-,26+,27+,36+/m1/s1. The van der Waals surface area contributed by atoms with Crippen LogP contribution in [0.2, 0.25) is 0 Å². The number of halogens is 3. The lowest BCUT2D eigenvalue weighted by Crippen LogP contribution is -2.58. The smallest absolute Gasteiger partial charge is 0.319 e. The Hall–Kier alpha value is -3.94. The summed E-state index contributed by atoms with van der Waals surface area (Å²) in [5.74, 6) is 1.92. The summed E-state index contributed by atoms with van der Waals surface area (Å²) in [6.07, 6.45) is 10.1. The number of fused-ring (bicyclic) bond motifs is 7. The maximum absolute atomic E-state index is 17.1. The predicted octanol–water partition coefficient (Wildman–Crippen LogP) is 5.88. The van der Waals surface area contributed by atoms with E-state index in [4.69, 9.17) is 26.1 Å². The van der Waals surface area contributed by atoms with Crippen molar-refractivity contribution >= 4 is 27.5 Å². The first kappa shape index (κ1) is 28.3. The lowest BCUT2D eigenvalue weighted by atomic mass is 9.91. The van der Waals surface area contributed by atoms with Crippen LogP contribution in [-0.2, 0) is 0 Å². The molecule has 4 fully saturated rings. The number of aromatic nitrogens is 3. The molecule has 2 aromatic carbocycles. The number of pyridine rings is 1. The van der Waals surface area contributed by atoms with E-state index in [9.17, 15) is 8.78 Å². The van der Waals surface area contributed by atoms with Crippen LogP contribution in [0.15, 0.2) is 30.3 Å². The highest BCUT2D eigenvalue weighted by Crippen LogP contribution is 2.46. The number of anilines is 1. The maximum atomic E-state index is 17.1. The summed E-state index contributed by atoms with van der Waals surface area (Å²) in [7, 11) is 0. The first-order valence-electron chi connectivity index (χ1n) is 16.5. The highest BCUT2D eigenvalue weighted by Gasteiger charge is 2.50. The summed E-state index contributed by atoms with van der Waals surface area (Å²) in [5, 5.41) is 5.52. The highest BCUT2D eigenvalue weighted by molar-refractivity contribution is 6.03. The number of hydrogen-bond acceptors (Lipinski definition) is 7. The van der Waals surface area contributed by atoms with Crippen molar-refractivity contribution in [3.63, 3.8) is 0 Å². The third-order valence-corrected chi connectivity index (χ3v) is 11.3. The molecule has 9 rings (SSSR count). The zero-order valence-corrected chi connectivity index (χ0v) is 25.7. The second-order valence-corrected chi connectivity index (χ2v) is 14.0. The molecule has 4 saturated heterocycles. The van der Waals surface area contributed by atoms with E-state index in [1.807, 2.05) is 6.07 Å². The number of ether oxygens (including phenoxy) is 1. The van der Waals surface area contributed by atoms with Crippen LogP contribution >= 0.6 is 0 Å². The Morgan fingerprint density at radius 1 is 1.11 bits per heavy atom. The monoisotopic (exact) mass is 624 g/mol. The van der Waals surface area contributed by atoms with E-state index in [0.29, 0.717) is 58.3 Å². The molecule has 10 heteroatoms. The fourth-order valence-electron chi connectivity index (χ4n) is 9.21. The second-order valence-electron chi connectivity index (χ2n) is 14.0. The van der Waals surface area contributed by atoms with Crippen molar-refractivity contribution in [1.82, 2.24) is 25.2 Å². The van der Waals surface area contributed by atoms with Crippen molar-refractivity contribution in [2.45, 2.75) is 81.2 Å². The summed E-state index contributed by atoms with van der Waals surface area (Å²) in [5.41, 5.74) is 1.01. The van der Waals surface area contributed by atoms with Crippen molar-refractivity contribution < 1.29 is 17.9 Å². The fourth-order valence-corrected chi connectivity index (χ4v) is 9.21. The van der Waals surface area contributed by atoms with E-state index in [1.165, 1.54) is 6.07 Å². The molecule has 46 heavy (non-hydrogen) atoms. The Morgan fingerprint density at radius 2 is 2.00 bits per heavy atom.